The smallest absolute Gasteiger partial charge is 0.0335 e. The highest BCUT2D eigenvalue weighted by Crippen LogP contribution is 2.40. The molecule has 4 atom stereocenters. The van der Waals surface area contributed by atoms with E-state index in [2.05, 4.69) is 44.5 Å². The first kappa shape index (κ1) is 17.2. The second-order valence-corrected chi connectivity index (χ2v) is 8.29. The minimum atomic E-state index is 0.279. The maximum Gasteiger partial charge on any atom is 0.0335 e. The quantitative estimate of drug-likeness (QED) is 0.865. The molecular weight excluding hydrogens is 258 g/mol. The van der Waals surface area contributed by atoms with Gasteiger partial charge in [-0.05, 0) is 52.0 Å². The van der Waals surface area contributed by atoms with Crippen molar-refractivity contribution >= 4 is 0 Å². The molecule has 3 nitrogen and oxygen atoms in total. The second kappa shape index (κ2) is 6.97. The summed E-state index contributed by atoms with van der Waals surface area (Å²) in [6, 6.07) is 1.28. The van der Waals surface area contributed by atoms with Gasteiger partial charge in [0.25, 0.3) is 0 Å². The third-order valence-electron chi connectivity index (χ3n) is 6.14. The molecule has 1 heterocycles. The summed E-state index contributed by atoms with van der Waals surface area (Å²) in [5, 5.41) is 0. The third-order valence-corrected chi connectivity index (χ3v) is 6.14. The lowest BCUT2D eigenvalue weighted by atomic mass is 9.71. The molecule has 1 aliphatic carbocycles. The number of hydrogen-bond donors (Lipinski definition) is 1. The fourth-order valence-corrected chi connectivity index (χ4v) is 4.72. The van der Waals surface area contributed by atoms with Crippen LogP contribution < -0.4 is 5.73 Å². The van der Waals surface area contributed by atoms with Crippen molar-refractivity contribution < 1.29 is 0 Å². The predicted molar refractivity (Wildman–Crippen MR) is 91.5 cm³/mol. The van der Waals surface area contributed by atoms with Crippen LogP contribution in [0.5, 0.6) is 0 Å². The van der Waals surface area contributed by atoms with E-state index in [1.165, 1.54) is 45.2 Å². The van der Waals surface area contributed by atoms with E-state index in [0.717, 1.165) is 18.4 Å². The molecule has 2 N–H and O–H groups in total. The molecule has 0 aromatic heterocycles. The molecule has 1 saturated carbocycles. The minimum absolute atomic E-state index is 0.279. The molecule has 124 valence electrons. The fraction of sp³-hybridized carbons (Fsp3) is 1.00. The number of nitrogens with two attached hydrogens (primary N) is 1. The molecule has 1 aliphatic heterocycles. The van der Waals surface area contributed by atoms with Crippen LogP contribution in [0.2, 0.25) is 0 Å². The Balaban J connectivity index is 2.09. The van der Waals surface area contributed by atoms with Gasteiger partial charge in [-0.15, -0.1) is 0 Å². The van der Waals surface area contributed by atoms with Gasteiger partial charge in [-0.1, -0.05) is 26.7 Å². The first-order chi connectivity index (χ1) is 9.88. The van der Waals surface area contributed by atoms with Gasteiger partial charge >= 0.3 is 0 Å². The van der Waals surface area contributed by atoms with E-state index < -0.39 is 0 Å². The summed E-state index contributed by atoms with van der Waals surface area (Å²) in [7, 11) is 2.27. The Morgan fingerprint density at radius 3 is 2.33 bits per heavy atom. The molecule has 2 fully saturated rings. The van der Waals surface area contributed by atoms with Gasteiger partial charge in [0.2, 0.25) is 0 Å². The molecule has 0 amide bonds. The number of rotatable bonds is 4. The Kier molecular flexibility index (Phi) is 5.72. The van der Waals surface area contributed by atoms with Gasteiger partial charge in [0.15, 0.2) is 0 Å². The fourth-order valence-electron chi connectivity index (χ4n) is 4.72. The Bertz CT molecular complexity index is 318. The van der Waals surface area contributed by atoms with Crippen LogP contribution in [0.1, 0.15) is 59.8 Å². The second-order valence-electron chi connectivity index (χ2n) is 8.29. The average Bonchev–Trinajstić information content (AvgIpc) is 2.43. The molecule has 0 aromatic carbocycles. The van der Waals surface area contributed by atoms with Gasteiger partial charge in [-0.3, -0.25) is 9.80 Å². The highest BCUT2D eigenvalue weighted by molar-refractivity contribution is 5.00. The lowest BCUT2D eigenvalue weighted by Gasteiger charge is -2.54. The van der Waals surface area contributed by atoms with Crippen LogP contribution in [0.25, 0.3) is 0 Å². The van der Waals surface area contributed by atoms with E-state index in [-0.39, 0.29) is 5.54 Å². The maximum atomic E-state index is 6.33. The van der Waals surface area contributed by atoms with Crippen LogP contribution in [0.15, 0.2) is 0 Å². The lowest BCUT2D eigenvalue weighted by molar-refractivity contribution is -0.0374. The van der Waals surface area contributed by atoms with E-state index >= 15 is 0 Å². The summed E-state index contributed by atoms with van der Waals surface area (Å²) in [6.45, 7) is 12.7. The third kappa shape index (κ3) is 3.80. The highest BCUT2D eigenvalue weighted by atomic mass is 15.3. The summed E-state index contributed by atoms with van der Waals surface area (Å²) in [5.74, 6) is 1.70. The van der Waals surface area contributed by atoms with Crippen molar-refractivity contribution in [2.24, 2.45) is 17.6 Å². The Labute approximate surface area is 132 Å². The van der Waals surface area contributed by atoms with Crippen molar-refractivity contribution in [2.75, 3.05) is 26.7 Å². The molecule has 3 heteroatoms. The first-order valence-corrected chi connectivity index (χ1v) is 9.05. The predicted octanol–water partition coefficient (Wildman–Crippen LogP) is 2.94. The zero-order valence-electron chi connectivity index (χ0n) is 14.9. The van der Waals surface area contributed by atoms with E-state index in [1.807, 2.05) is 0 Å². The monoisotopic (exact) mass is 295 g/mol. The van der Waals surface area contributed by atoms with Gasteiger partial charge in [-0.25, -0.2) is 0 Å². The average molecular weight is 296 g/mol. The Morgan fingerprint density at radius 1 is 1.19 bits per heavy atom. The van der Waals surface area contributed by atoms with Gasteiger partial charge in [0, 0.05) is 37.3 Å². The van der Waals surface area contributed by atoms with Gasteiger partial charge < -0.3 is 5.73 Å². The molecule has 0 radical (unpaired) electrons. The standard InChI is InChI=1S/C18H37N3/c1-14(2)9-17-7-6-8-18(10-17,13-19)21-11-15(3)20(5)16(4)12-21/h14-17H,6-13,19H2,1-5H3. The topological polar surface area (TPSA) is 32.5 Å². The maximum absolute atomic E-state index is 6.33. The van der Waals surface area contributed by atoms with Crippen LogP contribution in [0.3, 0.4) is 0 Å². The van der Waals surface area contributed by atoms with Crippen molar-refractivity contribution in [3.05, 3.63) is 0 Å². The number of hydrogen-bond acceptors (Lipinski definition) is 3. The van der Waals surface area contributed by atoms with Crippen molar-refractivity contribution in [1.82, 2.24) is 9.80 Å². The lowest BCUT2D eigenvalue weighted by Crippen LogP contribution is -2.65. The summed E-state index contributed by atoms with van der Waals surface area (Å²) in [4.78, 5) is 5.28. The van der Waals surface area contributed by atoms with Crippen LogP contribution in [-0.2, 0) is 0 Å². The van der Waals surface area contributed by atoms with Crippen LogP contribution in [-0.4, -0.2) is 54.1 Å². The number of piperazine rings is 1. The molecule has 0 bridgehead atoms. The SMILES string of the molecule is CC(C)CC1CCCC(CN)(N2CC(C)N(C)C(C)C2)C1. The molecule has 0 spiro atoms. The molecular formula is C18H37N3. The van der Waals surface area contributed by atoms with Crippen molar-refractivity contribution in [2.45, 2.75) is 77.4 Å². The molecule has 1 saturated heterocycles. The number of likely N-dealkylation sites (N-methyl/N-ethyl adjacent to an activating group) is 1. The van der Waals surface area contributed by atoms with Crippen LogP contribution >= 0.6 is 0 Å². The van der Waals surface area contributed by atoms with Crippen molar-refractivity contribution in [1.29, 1.82) is 0 Å². The summed E-state index contributed by atoms with van der Waals surface area (Å²) in [6.07, 6.45) is 6.79. The highest BCUT2D eigenvalue weighted by Gasteiger charge is 2.43. The summed E-state index contributed by atoms with van der Waals surface area (Å²) in [5.41, 5.74) is 6.61. The molecule has 2 aliphatic rings. The minimum Gasteiger partial charge on any atom is -0.329 e. The van der Waals surface area contributed by atoms with Crippen molar-refractivity contribution in [3.8, 4) is 0 Å². The number of nitrogens with zero attached hydrogens (tertiary/aromatic N) is 2. The van der Waals surface area contributed by atoms with Gasteiger partial charge in [-0.2, -0.15) is 0 Å². The largest absolute Gasteiger partial charge is 0.329 e. The summed E-state index contributed by atoms with van der Waals surface area (Å²) >= 11 is 0. The molecule has 0 aromatic rings. The van der Waals surface area contributed by atoms with Crippen LogP contribution in [0, 0.1) is 11.8 Å². The molecule has 2 rings (SSSR count). The van der Waals surface area contributed by atoms with E-state index in [0.29, 0.717) is 12.1 Å². The van der Waals surface area contributed by atoms with Gasteiger partial charge in [0.05, 0.1) is 0 Å². The van der Waals surface area contributed by atoms with Gasteiger partial charge in [0.1, 0.15) is 0 Å². The molecule has 4 unspecified atom stereocenters. The molecule has 21 heavy (non-hydrogen) atoms. The zero-order valence-corrected chi connectivity index (χ0v) is 14.9. The van der Waals surface area contributed by atoms with Crippen molar-refractivity contribution in [3.63, 3.8) is 0 Å². The zero-order chi connectivity index (χ0) is 15.6. The van der Waals surface area contributed by atoms with Crippen LogP contribution in [0.4, 0.5) is 0 Å². The van der Waals surface area contributed by atoms with E-state index in [9.17, 15) is 0 Å². The van der Waals surface area contributed by atoms with E-state index in [1.54, 1.807) is 0 Å². The summed E-state index contributed by atoms with van der Waals surface area (Å²) < 4.78 is 0. The Morgan fingerprint density at radius 2 is 1.81 bits per heavy atom. The normalized spacial score (nSPS) is 39.9. The first-order valence-electron chi connectivity index (χ1n) is 9.05. The Hall–Kier alpha value is -0.120. The van der Waals surface area contributed by atoms with E-state index in [4.69, 9.17) is 5.73 Å².